The van der Waals surface area contributed by atoms with Crippen molar-refractivity contribution in [3.8, 4) is 0 Å². The third-order valence-corrected chi connectivity index (χ3v) is 4.70. The van der Waals surface area contributed by atoms with E-state index >= 15 is 0 Å². The molecule has 0 saturated carbocycles. The Morgan fingerprint density at radius 3 is 2.50 bits per heavy atom. The lowest BCUT2D eigenvalue weighted by Gasteiger charge is -2.12. The molecule has 0 radical (unpaired) electrons. The quantitative estimate of drug-likeness (QED) is 0.417. The molecule has 1 unspecified atom stereocenters. The molecule has 0 nitrogen and oxygen atoms in total. The van der Waals surface area contributed by atoms with Crippen molar-refractivity contribution in [2.45, 2.75) is 18.7 Å². The summed E-state index contributed by atoms with van der Waals surface area (Å²) in [5, 5.41) is 0.0112. The molecule has 0 fully saturated rings. The van der Waals surface area contributed by atoms with Crippen molar-refractivity contribution in [3.05, 3.63) is 67.2 Å². The lowest BCUT2D eigenvalue weighted by atomic mass is 10.0. The largest absolute Gasteiger partial charge is 0.117 e. The summed E-state index contributed by atoms with van der Waals surface area (Å²) in [6.45, 7) is 2.10. The highest BCUT2D eigenvalue weighted by Crippen LogP contribution is 2.31. The van der Waals surface area contributed by atoms with Crippen molar-refractivity contribution >= 4 is 50.1 Å². The second kappa shape index (κ2) is 6.40. The average Bonchev–Trinajstić information content (AvgIpc) is 2.35. The highest BCUT2D eigenvalue weighted by atomic mass is 127. The number of alkyl halides is 1. The first kappa shape index (κ1) is 14.4. The minimum Gasteiger partial charge on any atom is -0.117 e. The van der Waals surface area contributed by atoms with Gasteiger partial charge in [0, 0.05) is 8.04 Å². The second-order valence-corrected chi connectivity index (χ2v) is 6.93. The molecule has 2 aromatic carbocycles. The molecule has 2 rings (SSSR count). The Labute approximate surface area is 135 Å². The van der Waals surface area contributed by atoms with Gasteiger partial charge in [-0.1, -0.05) is 45.8 Å². The molecule has 0 saturated heterocycles. The number of halogens is 3. The highest BCUT2D eigenvalue weighted by Gasteiger charge is 2.12. The summed E-state index contributed by atoms with van der Waals surface area (Å²) in [4.78, 5) is 0. The summed E-state index contributed by atoms with van der Waals surface area (Å²) in [5.41, 5.74) is 3.74. The molecule has 0 aliphatic heterocycles. The summed E-state index contributed by atoms with van der Waals surface area (Å²) in [6.07, 6.45) is 0.855. The molecule has 0 aromatic heterocycles. The second-order valence-electron chi connectivity index (χ2n) is 4.32. The van der Waals surface area contributed by atoms with Crippen molar-refractivity contribution in [1.82, 2.24) is 0 Å². The maximum Gasteiger partial charge on any atom is 0.0636 e. The van der Waals surface area contributed by atoms with Gasteiger partial charge in [-0.3, -0.25) is 0 Å². The Bertz CT molecular complexity index is 537. The normalized spacial score (nSPS) is 12.4. The zero-order chi connectivity index (χ0) is 13.1. The molecule has 0 N–H and O–H groups in total. The Morgan fingerprint density at radius 2 is 1.83 bits per heavy atom. The minimum atomic E-state index is 0.0112. The number of rotatable bonds is 3. The van der Waals surface area contributed by atoms with Crippen LogP contribution in [0.4, 0.5) is 0 Å². The molecule has 1 atom stereocenters. The summed E-state index contributed by atoms with van der Waals surface area (Å²) < 4.78 is 2.29. The van der Waals surface area contributed by atoms with E-state index in [2.05, 4.69) is 81.8 Å². The van der Waals surface area contributed by atoms with Crippen LogP contribution in [-0.2, 0) is 6.42 Å². The number of benzene rings is 2. The van der Waals surface area contributed by atoms with Crippen molar-refractivity contribution in [2.24, 2.45) is 0 Å². The number of aryl methyl sites for hydroxylation is 1. The van der Waals surface area contributed by atoms with E-state index in [9.17, 15) is 0 Å². The molecular weight excluding hydrogens is 422 g/mol. The van der Waals surface area contributed by atoms with E-state index in [1.165, 1.54) is 20.3 Å². The van der Waals surface area contributed by atoms with E-state index in [0.717, 1.165) is 10.9 Å². The molecule has 2 aromatic rings. The van der Waals surface area contributed by atoms with Crippen LogP contribution in [0.5, 0.6) is 0 Å². The third kappa shape index (κ3) is 3.72. The summed E-state index contributed by atoms with van der Waals surface area (Å²) in [7, 11) is 0. The average molecular weight is 436 g/mol. The topological polar surface area (TPSA) is 0 Å². The first-order valence-corrected chi connectivity index (χ1v) is 8.01. The number of hydrogen-bond acceptors (Lipinski definition) is 0. The van der Waals surface area contributed by atoms with Crippen LogP contribution in [0.2, 0.25) is 0 Å². The van der Waals surface area contributed by atoms with E-state index in [0.29, 0.717) is 0 Å². The van der Waals surface area contributed by atoms with Gasteiger partial charge in [-0.25, -0.2) is 0 Å². The van der Waals surface area contributed by atoms with Crippen molar-refractivity contribution in [3.63, 3.8) is 0 Å². The van der Waals surface area contributed by atoms with E-state index < -0.39 is 0 Å². The van der Waals surface area contributed by atoms with Crippen LogP contribution in [0.3, 0.4) is 0 Å². The maximum absolute atomic E-state index is 6.53. The first-order chi connectivity index (χ1) is 8.56. The zero-order valence-electron chi connectivity index (χ0n) is 9.96. The van der Waals surface area contributed by atoms with Gasteiger partial charge in [0.25, 0.3) is 0 Å². The van der Waals surface area contributed by atoms with Crippen LogP contribution >= 0.6 is 50.1 Å². The molecule has 0 heterocycles. The Balaban J connectivity index is 2.18. The minimum absolute atomic E-state index is 0.0112. The first-order valence-electron chi connectivity index (χ1n) is 5.71. The standard InChI is InChI=1S/C15H13BrClI/c1-10-2-4-11(5-3-10)8-14(17)13-9-12(16)6-7-15(13)18/h2-7,9,14H,8H2,1H3. The number of hydrogen-bond donors (Lipinski definition) is 0. The van der Waals surface area contributed by atoms with Gasteiger partial charge < -0.3 is 0 Å². The molecule has 18 heavy (non-hydrogen) atoms. The predicted molar refractivity (Wildman–Crippen MR) is 90.3 cm³/mol. The van der Waals surface area contributed by atoms with Gasteiger partial charge in [0.05, 0.1) is 5.38 Å². The van der Waals surface area contributed by atoms with Gasteiger partial charge in [0.1, 0.15) is 0 Å². The zero-order valence-corrected chi connectivity index (χ0v) is 14.5. The lowest BCUT2D eigenvalue weighted by molar-refractivity contribution is 0.912. The maximum atomic E-state index is 6.53. The molecular formula is C15H13BrClI. The van der Waals surface area contributed by atoms with E-state index in [1.807, 2.05) is 6.07 Å². The monoisotopic (exact) mass is 434 g/mol. The van der Waals surface area contributed by atoms with Crippen LogP contribution in [0.1, 0.15) is 22.1 Å². The molecule has 0 spiro atoms. The molecule has 0 aliphatic carbocycles. The van der Waals surface area contributed by atoms with E-state index in [1.54, 1.807) is 0 Å². The molecule has 0 aliphatic rings. The summed E-state index contributed by atoms with van der Waals surface area (Å²) >= 11 is 12.4. The molecule has 94 valence electrons. The lowest BCUT2D eigenvalue weighted by Crippen LogP contribution is -1.98. The predicted octanol–water partition coefficient (Wildman–Crippen LogP) is 5.88. The van der Waals surface area contributed by atoms with Gasteiger partial charge in [-0.2, -0.15) is 0 Å². The fourth-order valence-electron chi connectivity index (χ4n) is 1.80. The van der Waals surface area contributed by atoms with Gasteiger partial charge in [-0.15, -0.1) is 11.6 Å². The summed E-state index contributed by atoms with van der Waals surface area (Å²) in [5.74, 6) is 0. The third-order valence-electron chi connectivity index (χ3n) is 2.83. The fourth-order valence-corrected chi connectivity index (χ4v) is 3.43. The molecule has 3 heteroatoms. The van der Waals surface area contributed by atoms with Gasteiger partial charge in [0.2, 0.25) is 0 Å². The van der Waals surface area contributed by atoms with Crippen LogP contribution < -0.4 is 0 Å². The fraction of sp³-hybridized carbons (Fsp3) is 0.200. The van der Waals surface area contributed by atoms with E-state index in [4.69, 9.17) is 11.6 Å². The highest BCUT2D eigenvalue weighted by molar-refractivity contribution is 14.1. The van der Waals surface area contributed by atoms with Crippen molar-refractivity contribution < 1.29 is 0 Å². The Morgan fingerprint density at radius 1 is 1.17 bits per heavy atom. The van der Waals surface area contributed by atoms with Gasteiger partial charge in [-0.05, 0) is 65.3 Å². The van der Waals surface area contributed by atoms with Gasteiger partial charge >= 0.3 is 0 Å². The van der Waals surface area contributed by atoms with Gasteiger partial charge in [0.15, 0.2) is 0 Å². The molecule has 0 amide bonds. The molecule has 0 bridgehead atoms. The van der Waals surface area contributed by atoms with Crippen LogP contribution in [0.15, 0.2) is 46.9 Å². The van der Waals surface area contributed by atoms with Crippen LogP contribution in [0, 0.1) is 10.5 Å². The van der Waals surface area contributed by atoms with E-state index in [-0.39, 0.29) is 5.38 Å². The Kier molecular flexibility index (Phi) is 5.10. The van der Waals surface area contributed by atoms with Crippen molar-refractivity contribution in [1.29, 1.82) is 0 Å². The Hall–Kier alpha value is -0.0600. The summed E-state index contributed by atoms with van der Waals surface area (Å²) in [6, 6.07) is 14.8. The van der Waals surface area contributed by atoms with Crippen molar-refractivity contribution in [2.75, 3.05) is 0 Å². The van der Waals surface area contributed by atoms with Crippen LogP contribution in [-0.4, -0.2) is 0 Å². The SMILES string of the molecule is Cc1ccc(CC(Cl)c2cc(Br)ccc2I)cc1. The smallest absolute Gasteiger partial charge is 0.0636 e. The van der Waals surface area contributed by atoms with Crippen LogP contribution in [0.25, 0.3) is 0 Å².